The van der Waals surface area contributed by atoms with Gasteiger partial charge in [0.15, 0.2) is 0 Å². The smallest absolute Gasteiger partial charge is 0.344 e. The Hall–Kier alpha value is -2.53. The van der Waals surface area contributed by atoms with Crippen LogP contribution < -0.4 is 5.56 Å². The van der Waals surface area contributed by atoms with Gasteiger partial charge in [-0.3, -0.25) is 9.36 Å². The van der Waals surface area contributed by atoms with Gasteiger partial charge in [0.05, 0.1) is 11.8 Å². The van der Waals surface area contributed by atoms with Gasteiger partial charge in [0.2, 0.25) is 5.88 Å². The standard InChI is InChI=1S/C20H21ClN2O3/c21-17-10-8-16(9-11-17)20(25)26-19(22-12-4-1-2-5-13-22)15-23-14-6-3-7-18(23)24/h3,6-11,14-15H,1-2,4-5,12-13H2/b19-15-. The first kappa shape index (κ1) is 18.3. The van der Waals surface area contributed by atoms with Gasteiger partial charge in [-0.25, -0.2) is 4.79 Å². The lowest BCUT2D eigenvalue weighted by Crippen LogP contribution is -2.28. The third-order valence-corrected chi connectivity index (χ3v) is 4.55. The van der Waals surface area contributed by atoms with Crippen molar-refractivity contribution >= 4 is 23.8 Å². The summed E-state index contributed by atoms with van der Waals surface area (Å²) in [4.78, 5) is 26.6. The van der Waals surface area contributed by atoms with Crippen molar-refractivity contribution in [1.82, 2.24) is 9.47 Å². The highest BCUT2D eigenvalue weighted by Gasteiger charge is 2.18. The molecule has 2 aromatic rings. The Morgan fingerprint density at radius 1 is 1.00 bits per heavy atom. The van der Waals surface area contributed by atoms with Crippen molar-refractivity contribution in [2.75, 3.05) is 13.1 Å². The molecule has 0 radical (unpaired) electrons. The van der Waals surface area contributed by atoms with E-state index in [1.54, 1.807) is 48.8 Å². The molecule has 5 nitrogen and oxygen atoms in total. The maximum Gasteiger partial charge on any atom is 0.344 e. The van der Waals surface area contributed by atoms with E-state index in [-0.39, 0.29) is 5.56 Å². The minimum Gasteiger partial charge on any atom is -0.404 e. The Kier molecular flexibility index (Phi) is 6.12. The molecule has 136 valence electrons. The molecule has 1 aromatic heterocycles. The Morgan fingerprint density at radius 3 is 2.35 bits per heavy atom. The zero-order valence-electron chi connectivity index (χ0n) is 14.4. The highest BCUT2D eigenvalue weighted by molar-refractivity contribution is 6.30. The molecular weight excluding hydrogens is 352 g/mol. The summed E-state index contributed by atoms with van der Waals surface area (Å²) in [6, 6.07) is 11.5. The second kappa shape index (κ2) is 8.72. The van der Waals surface area contributed by atoms with Crippen LogP contribution in [0.4, 0.5) is 0 Å². The summed E-state index contributed by atoms with van der Waals surface area (Å²) in [5.41, 5.74) is 0.234. The predicted octanol–water partition coefficient (Wildman–Crippen LogP) is 3.99. The Bertz CT molecular complexity index is 835. The molecule has 0 unspecified atom stereocenters. The second-order valence-corrected chi connectivity index (χ2v) is 6.65. The van der Waals surface area contributed by atoms with E-state index in [9.17, 15) is 9.59 Å². The molecule has 1 aliphatic rings. The summed E-state index contributed by atoms with van der Waals surface area (Å²) < 4.78 is 7.10. The van der Waals surface area contributed by atoms with Crippen molar-refractivity contribution in [2.45, 2.75) is 25.7 Å². The Morgan fingerprint density at radius 2 is 1.69 bits per heavy atom. The highest BCUT2D eigenvalue weighted by Crippen LogP contribution is 2.18. The second-order valence-electron chi connectivity index (χ2n) is 6.21. The van der Waals surface area contributed by atoms with Gasteiger partial charge in [-0.05, 0) is 43.2 Å². The predicted molar refractivity (Wildman–Crippen MR) is 102 cm³/mol. The Balaban J connectivity index is 1.89. The summed E-state index contributed by atoms with van der Waals surface area (Å²) >= 11 is 5.88. The van der Waals surface area contributed by atoms with Crippen LogP contribution in [0.3, 0.4) is 0 Å². The average molecular weight is 373 g/mol. The van der Waals surface area contributed by atoms with E-state index in [1.807, 2.05) is 4.90 Å². The number of ether oxygens (including phenoxy) is 1. The molecule has 0 saturated carbocycles. The fourth-order valence-corrected chi connectivity index (χ4v) is 2.99. The average Bonchev–Trinajstić information content (AvgIpc) is 2.93. The number of esters is 1. The van der Waals surface area contributed by atoms with E-state index in [4.69, 9.17) is 16.3 Å². The number of carbonyl (C=O) groups is 1. The van der Waals surface area contributed by atoms with E-state index < -0.39 is 5.97 Å². The number of hydrogen-bond acceptors (Lipinski definition) is 4. The lowest BCUT2D eigenvalue weighted by Gasteiger charge is -2.24. The van der Waals surface area contributed by atoms with E-state index in [1.165, 1.54) is 10.6 Å². The molecule has 26 heavy (non-hydrogen) atoms. The van der Waals surface area contributed by atoms with Crippen LogP contribution in [-0.2, 0) is 4.74 Å². The van der Waals surface area contributed by atoms with Gasteiger partial charge in [0.1, 0.15) is 0 Å². The van der Waals surface area contributed by atoms with E-state index >= 15 is 0 Å². The molecule has 0 atom stereocenters. The molecule has 3 rings (SSSR count). The summed E-state index contributed by atoms with van der Waals surface area (Å²) in [5, 5.41) is 0.556. The van der Waals surface area contributed by atoms with Crippen molar-refractivity contribution in [1.29, 1.82) is 0 Å². The van der Waals surface area contributed by atoms with Gasteiger partial charge < -0.3 is 9.64 Å². The molecule has 1 aromatic carbocycles. The number of aromatic nitrogens is 1. The molecule has 6 heteroatoms. The molecule has 2 heterocycles. The number of benzene rings is 1. The largest absolute Gasteiger partial charge is 0.404 e. The van der Waals surface area contributed by atoms with Gasteiger partial charge in [-0.2, -0.15) is 0 Å². The van der Waals surface area contributed by atoms with Crippen LogP contribution in [0.1, 0.15) is 36.0 Å². The van der Waals surface area contributed by atoms with E-state index in [2.05, 4.69) is 0 Å². The number of hydrogen-bond donors (Lipinski definition) is 0. The van der Waals surface area contributed by atoms with Crippen LogP contribution in [0.2, 0.25) is 5.02 Å². The first-order chi connectivity index (χ1) is 12.6. The summed E-state index contributed by atoms with van der Waals surface area (Å²) in [7, 11) is 0. The lowest BCUT2D eigenvalue weighted by molar-refractivity contribution is 0.0505. The van der Waals surface area contributed by atoms with Crippen LogP contribution in [0.25, 0.3) is 6.20 Å². The van der Waals surface area contributed by atoms with Gasteiger partial charge in [0, 0.05) is 30.4 Å². The van der Waals surface area contributed by atoms with E-state index in [0.29, 0.717) is 16.5 Å². The fraction of sp³-hybridized carbons (Fsp3) is 0.300. The summed E-state index contributed by atoms with van der Waals surface area (Å²) in [6.45, 7) is 1.59. The van der Waals surface area contributed by atoms with Crippen molar-refractivity contribution in [2.24, 2.45) is 0 Å². The number of rotatable bonds is 4. The van der Waals surface area contributed by atoms with Crippen LogP contribution in [0, 0.1) is 0 Å². The van der Waals surface area contributed by atoms with E-state index in [0.717, 1.165) is 38.8 Å². The van der Waals surface area contributed by atoms with Crippen molar-refractivity contribution in [3.63, 3.8) is 0 Å². The van der Waals surface area contributed by atoms with Crippen molar-refractivity contribution < 1.29 is 9.53 Å². The van der Waals surface area contributed by atoms with Crippen LogP contribution >= 0.6 is 11.6 Å². The number of nitrogens with zero attached hydrogens (tertiary/aromatic N) is 2. The number of carbonyl (C=O) groups excluding carboxylic acids is 1. The normalized spacial score (nSPS) is 15.4. The van der Waals surface area contributed by atoms with Crippen LogP contribution in [0.5, 0.6) is 0 Å². The number of likely N-dealkylation sites (tertiary alicyclic amines) is 1. The summed E-state index contributed by atoms with van der Waals surface area (Å²) in [5.74, 6) is -0.0821. The molecule has 0 spiro atoms. The molecule has 0 aliphatic carbocycles. The lowest BCUT2D eigenvalue weighted by atomic mass is 10.2. The minimum atomic E-state index is -0.471. The molecule has 0 amide bonds. The van der Waals surface area contributed by atoms with Gasteiger partial charge >= 0.3 is 5.97 Å². The number of pyridine rings is 1. The van der Waals surface area contributed by atoms with Crippen LogP contribution in [-0.4, -0.2) is 28.5 Å². The Labute approximate surface area is 157 Å². The first-order valence-electron chi connectivity index (χ1n) is 8.75. The number of halogens is 1. The molecule has 0 N–H and O–H groups in total. The molecule has 1 saturated heterocycles. The monoisotopic (exact) mass is 372 g/mol. The maximum atomic E-state index is 12.5. The van der Waals surface area contributed by atoms with Crippen LogP contribution in [0.15, 0.2) is 59.3 Å². The molecule has 1 aliphatic heterocycles. The fourth-order valence-electron chi connectivity index (χ4n) is 2.87. The highest BCUT2D eigenvalue weighted by atomic mass is 35.5. The topological polar surface area (TPSA) is 51.5 Å². The SMILES string of the molecule is O=C(O/C(=C\n1ccccc1=O)N1CCCCCC1)c1ccc(Cl)cc1. The van der Waals surface area contributed by atoms with Crippen molar-refractivity contribution in [3.05, 3.63) is 75.5 Å². The van der Waals surface area contributed by atoms with Gasteiger partial charge in [0.25, 0.3) is 5.56 Å². The molecule has 0 bridgehead atoms. The third-order valence-electron chi connectivity index (χ3n) is 4.30. The molecular formula is C20H21ClN2O3. The molecule has 1 fully saturated rings. The first-order valence-corrected chi connectivity index (χ1v) is 9.13. The maximum absolute atomic E-state index is 12.5. The zero-order chi connectivity index (χ0) is 18.4. The van der Waals surface area contributed by atoms with Crippen molar-refractivity contribution in [3.8, 4) is 0 Å². The quantitative estimate of drug-likeness (QED) is 0.601. The third kappa shape index (κ3) is 4.76. The van der Waals surface area contributed by atoms with Gasteiger partial charge in [-0.1, -0.05) is 30.5 Å². The van der Waals surface area contributed by atoms with Gasteiger partial charge in [-0.15, -0.1) is 0 Å². The summed E-state index contributed by atoms with van der Waals surface area (Å²) in [6.07, 6.45) is 7.59. The minimum absolute atomic E-state index is 0.178. The zero-order valence-corrected chi connectivity index (χ0v) is 15.2.